The summed E-state index contributed by atoms with van der Waals surface area (Å²) in [6.07, 6.45) is 7.53. The minimum Gasteiger partial charge on any atom is -0.394 e. The Labute approximate surface area is 138 Å². The molecule has 0 saturated carbocycles. The summed E-state index contributed by atoms with van der Waals surface area (Å²) in [6.45, 7) is 5.96. The number of hydrogen-bond donors (Lipinski definition) is 1. The first kappa shape index (κ1) is 16.5. The first-order chi connectivity index (χ1) is 11.3. The van der Waals surface area contributed by atoms with Gasteiger partial charge in [-0.1, -0.05) is 0 Å². The van der Waals surface area contributed by atoms with E-state index in [-0.39, 0.29) is 12.6 Å². The summed E-state index contributed by atoms with van der Waals surface area (Å²) in [5.41, 5.74) is 0. The average molecular weight is 320 g/mol. The van der Waals surface area contributed by atoms with Crippen molar-refractivity contribution in [2.45, 2.75) is 51.2 Å². The summed E-state index contributed by atoms with van der Waals surface area (Å²) in [5, 5.41) is 9.61. The summed E-state index contributed by atoms with van der Waals surface area (Å²) in [6, 6.07) is 2.27. The Kier molecular flexibility index (Phi) is 5.67. The van der Waals surface area contributed by atoms with Gasteiger partial charge < -0.3 is 19.6 Å². The Balaban J connectivity index is 1.68. The second-order valence-electron chi connectivity index (χ2n) is 6.40. The van der Waals surface area contributed by atoms with E-state index in [9.17, 15) is 5.11 Å². The van der Waals surface area contributed by atoms with Crippen LogP contribution in [-0.4, -0.2) is 60.1 Å². The molecule has 2 saturated heterocycles. The van der Waals surface area contributed by atoms with E-state index >= 15 is 0 Å². The fourth-order valence-corrected chi connectivity index (χ4v) is 3.65. The number of anilines is 2. The van der Waals surface area contributed by atoms with E-state index in [0.717, 1.165) is 63.6 Å². The van der Waals surface area contributed by atoms with Crippen LogP contribution in [0.4, 0.5) is 11.6 Å². The van der Waals surface area contributed by atoms with E-state index in [2.05, 4.69) is 32.8 Å². The van der Waals surface area contributed by atoms with Crippen molar-refractivity contribution >= 4 is 11.6 Å². The van der Waals surface area contributed by atoms with Crippen molar-refractivity contribution in [1.29, 1.82) is 0 Å². The highest BCUT2D eigenvalue weighted by molar-refractivity contribution is 5.51. The highest BCUT2D eigenvalue weighted by atomic mass is 16.5. The molecule has 2 aliphatic heterocycles. The van der Waals surface area contributed by atoms with Crippen LogP contribution in [0.5, 0.6) is 0 Å². The number of aliphatic hydroxyl groups is 1. The number of ether oxygens (including phenoxy) is 1. The molecule has 0 bridgehead atoms. The molecule has 1 N–H and O–H groups in total. The van der Waals surface area contributed by atoms with Crippen LogP contribution in [0, 0.1) is 0 Å². The van der Waals surface area contributed by atoms with Crippen LogP contribution >= 0.6 is 0 Å². The van der Waals surface area contributed by atoms with Crippen molar-refractivity contribution in [3.05, 3.63) is 12.4 Å². The number of piperidine rings is 2. The zero-order valence-corrected chi connectivity index (χ0v) is 14.0. The lowest BCUT2D eigenvalue weighted by atomic mass is 10.0. The molecule has 2 aliphatic rings. The van der Waals surface area contributed by atoms with Crippen LogP contribution in [0.1, 0.15) is 39.0 Å². The Morgan fingerprint density at radius 1 is 1.13 bits per heavy atom. The molecule has 1 aromatic heterocycles. The van der Waals surface area contributed by atoms with E-state index < -0.39 is 0 Å². The molecule has 2 fully saturated rings. The fourth-order valence-electron chi connectivity index (χ4n) is 3.65. The maximum absolute atomic E-state index is 9.61. The number of aromatic nitrogens is 2. The molecular formula is C17H28N4O2. The largest absolute Gasteiger partial charge is 0.394 e. The van der Waals surface area contributed by atoms with Gasteiger partial charge in [-0.05, 0) is 39.0 Å². The zero-order chi connectivity index (χ0) is 16.1. The van der Waals surface area contributed by atoms with Gasteiger partial charge in [0.2, 0.25) is 0 Å². The van der Waals surface area contributed by atoms with Crippen LogP contribution < -0.4 is 9.80 Å². The topological polar surface area (TPSA) is 61.7 Å². The molecule has 0 spiro atoms. The quantitative estimate of drug-likeness (QED) is 0.893. The van der Waals surface area contributed by atoms with Crippen molar-refractivity contribution in [2.75, 3.05) is 42.6 Å². The highest BCUT2D eigenvalue weighted by Crippen LogP contribution is 2.26. The second-order valence-corrected chi connectivity index (χ2v) is 6.40. The summed E-state index contributed by atoms with van der Waals surface area (Å²) in [5.74, 6) is 1.94. The Morgan fingerprint density at radius 2 is 1.91 bits per heavy atom. The minimum absolute atomic E-state index is 0.190. The molecule has 6 nitrogen and oxygen atoms in total. The SMILES string of the molecule is CCOC1CCN(c2cc(N3CCCCC3CO)ncn2)CC1. The van der Waals surface area contributed by atoms with Crippen LogP contribution in [0.3, 0.4) is 0 Å². The average Bonchev–Trinajstić information content (AvgIpc) is 2.63. The van der Waals surface area contributed by atoms with Crippen molar-refractivity contribution in [1.82, 2.24) is 9.97 Å². The van der Waals surface area contributed by atoms with E-state index in [1.807, 2.05) is 0 Å². The number of aliphatic hydroxyl groups excluding tert-OH is 1. The van der Waals surface area contributed by atoms with Crippen molar-refractivity contribution in [2.24, 2.45) is 0 Å². The molecule has 1 aromatic rings. The summed E-state index contributed by atoms with van der Waals surface area (Å²) in [7, 11) is 0. The lowest BCUT2D eigenvalue weighted by Gasteiger charge is -2.36. The number of nitrogens with zero attached hydrogens (tertiary/aromatic N) is 4. The lowest BCUT2D eigenvalue weighted by molar-refractivity contribution is 0.0458. The van der Waals surface area contributed by atoms with Crippen LogP contribution in [0.25, 0.3) is 0 Å². The number of hydrogen-bond acceptors (Lipinski definition) is 6. The molecule has 0 radical (unpaired) electrons. The predicted molar refractivity (Wildman–Crippen MR) is 91.0 cm³/mol. The molecule has 3 heterocycles. The molecule has 1 unspecified atom stereocenters. The Bertz CT molecular complexity index is 491. The normalized spacial score (nSPS) is 23.3. The second kappa shape index (κ2) is 7.93. The molecule has 23 heavy (non-hydrogen) atoms. The van der Waals surface area contributed by atoms with Gasteiger partial charge in [0.05, 0.1) is 18.8 Å². The monoisotopic (exact) mass is 320 g/mol. The van der Waals surface area contributed by atoms with Crippen LogP contribution in [0.2, 0.25) is 0 Å². The van der Waals surface area contributed by atoms with Gasteiger partial charge in [-0.2, -0.15) is 0 Å². The third-order valence-corrected chi connectivity index (χ3v) is 4.94. The van der Waals surface area contributed by atoms with Crippen LogP contribution in [-0.2, 0) is 4.74 Å². The Morgan fingerprint density at radius 3 is 2.65 bits per heavy atom. The van der Waals surface area contributed by atoms with E-state index in [4.69, 9.17) is 4.74 Å². The maximum Gasteiger partial charge on any atom is 0.134 e. The summed E-state index contributed by atoms with van der Waals surface area (Å²) < 4.78 is 5.72. The lowest BCUT2D eigenvalue weighted by Crippen LogP contribution is -2.42. The summed E-state index contributed by atoms with van der Waals surface area (Å²) in [4.78, 5) is 13.5. The third kappa shape index (κ3) is 3.93. The predicted octanol–water partition coefficient (Wildman–Crippen LogP) is 1.83. The van der Waals surface area contributed by atoms with Gasteiger partial charge >= 0.3 is 0 Å². The van der Waals surface area contributed by atoms with Gasteiger partial charge in [0, 0.05) is 32.3 Å². The van der Waals surface area contributed by atoms with Gasteiger partial charge in [0.15, 0.2) is 0 Å². The van der Waals surface area contributed by atoms with Gasteiger partial charge in [-0.25, -0.2) is 9.97 Å². The van der Waals surface area contributed by atoms with Crippen molar-refractivity contribution in [3.63, 3.8) is 0 Å². The molecule has 0 aromatic carbocycles. The van der Waals surface area contributed by atoms with Gasteiger partial charge in [-0.3, -0.25) is 0 Å². The summed E-state index contributed by atoms with van der Waals surface area (Å²) >= 11 is 0. The molecule has 6 heteroatoms. The molecule has 128 valence electrons. The van der Waals surface area contributed by atoms with E-state index in [0.29, 0.717) is 6.10 Å². The van der Waals surface area contributed by atoms with E-state index in [1.165, 1.54) is 6.42 Å². The molecule has 3 rings (SSSR count). The molecule has 1 atom stereocenters. The van der Waals surface area contributed by atoms with E-state index in [1.54, 1.807) is 6.33 Å². The molecule has 0 aliphatic carbocycles. The maximum atomic E-state index is 9.61. The zero-order valence-electron chi connectivity index (χ0n) is 14.0. The number of rotatable bonds is 5. The minimum atomic E-state index is 0.190. The first-order valence-electron chi connectivity index (χ1n) is 8.88. The smallest absolute Gasteiger partial charge is 0.134 e. The van der Waals surface area contributed by atoms with Crippen molar-refractivity contribution < 1.29 is 9.84 Å². The van der Waals surface area contributed by atoms with Gasteiger partial charge in [0.1, 0.15) is 18.0 Å². The first-order valence-corrected chi connectivity index (χ1v) is 8.88. The third-order valence-electron chi connectivity index (χ3n) is 4.94. The molecule has 0 amide bonds. The van der Waals surface area contributed by atoms with Gasteiger partial charge in [-0.15, -0.1) is 0 Å². The standard InChI is InChI=1S/C17H28N4O2/c1-2-23-15-6-9-20(10-7-15)16-11-17(19-13-18-16)21-8-4-3-5-14(21)12-22/h11,13-15,22H,2-10,12H2,1H3. The Hall–Kier alpha value is -1.40. The van der Waals surface area contributed by atoms with Crippen molar-refractivity contribution in [3.8, 4) is 0 Å². The highest BCUT2D eigenvalue weighted by Gasteiger charge is 2.25. The van der Waals surface area contributed by atoms with Crippen LogP contribution in [0.15, 0.2) is 12.4 Å². The van der Waals surface area contributed by atoms with Gasteiger partial charge in [0.25, 0.3) is 0 Å². The molecular weight excluding hydrogens is 292 g/mol. The fraction of sp³-hybridized carbons (Fsp3) is 0.765.